The van der Waals surface area contributed by atoms with Crippen LogP contribution >= 0.6 is 0 Å². The monoisotopic (exact) mass is 270 g/mol. The second-order valence-electron chi connectivity index (χ2n) is 6.49. The zero-order chi connectivity index (χ0) is 13.9. The topological polar surface area (TPSA) is 42.0 Å². The number of morpholine rings is 1. The van der Waals surface area contributed by atoms with E-state index in [1.165, 1.54) is 0 Å². The third-order valence-electron chi connectivity index (χ3n) is 3.56. The van der Waals surface area contributed by atoms with Gasteiger partial charge in [0, 0.05) is 32.7 Å². The Kier molecular flexibility index (Phi) is 4.68. The van der Waals surface area contributed by atoms with Crippen molar-refractivity contribution in [1.29, 1.82) is 0 Å². The first kappa shape index (κ1) is 14.6. The molecule has 1 unspecified atom stereocenters. The standard InChI is InChI=1S/C14H26N2O3/c1-14(2,3)19-13(17)16-5-4-12(11-16)10-15-6-8-18-9-7-15/h12H,4-11H2,1-3H3. The predicted molar refractivity (Wildman–Crippen MR) is 73.2 cm³/mol. The third kappa shape index (κ3) is 4.66. The molecule has 1 atom stereocenters. The molecule has 0 bridgehead atoms. The molecule has 0 radical (unpaired) electrons. The van der Waals surface area contributed by atoms with Gasteiger partial charge in [0.15, 0.2) is 0 Å². The third-order valence-corrected chi connectivity index (χ3v) is 3.56. The van der Waals surface area contributed by atoms with Gasteiger partial charge in [-0.2, -0.15) is 0 Å². The fourth-order valence-corrected chi connectivity index (χ4v) is 2.62. The summed E-state index contributed by atoms with van der Waals surface area (Å²) >= 11 is 0. The lowest BCUT2D eigenvalue weighted by atomic mass is 10.1. The summed E-state index contributed by atoms with van der Waals surface area (Å²) in [6.07, 6.45) is 0.910. The van der Waals surface area contributed by atoms with E-state index in [1.54, 1.807) is 0 Å². The van der Waals surface area contributed by atoms with Crippen LogP contribution in [0.1, 0.15) is 27.2 Å². The van der Waals surface area contributed by atoms with Gasteiger partial charge in [-0.25, -0.2) is 4.79 Å². The fraction of sp³-hybridized carbons (Fsp3) is 0.929. The van der Waals surface area contributed by atoms with E-state index in [1.807, 2.05) is 25.7 Å². The zero-order valence-corrected chi connectivity index (χ0v) is 12.4. The average Bonchev–Trinajstić information content (AvgIpc) is 2.77. The molecule has 5 nitrogen and oxygen atoms in total. The molecular weight excluding hydrogens is 244 g/mol. The molecule has 0 spiro atoms. The highest BCUT2D eigenvalue weighted by atomic mass is 16.6. The minimum Gasteiger partial charge on any atom is -0.444 e. The molecule has 0 aromatic rings. The minimum atomic E-state index is -0.403. The highest BCUT2D eigenvalue weighted by Gasteiger charge is 2.30. The number of hydrogen-bond donors (Lipinski definition) is 0. The molecule has 0 aromatic heterocycles. The molecule has 2 fully saturated rings. The molecule has 2 aliphatic rings. The first-order valence-electron chi connectivity index (χ1n) is 7.22. The van der Waals surface area contributed by atoms with E-state index in [9.17, 15) is 4.79 Å². The second kappa shape index (κ2) is 6.09. The Balaban J connectivity index is 1.74. The SMILES string of the molecule is CC(C)(C)OC(=O)N1CCC(CN2CCOCC2)C1. The van der Waals surface area contributed by atoms with Crippen molar-refractivity contribution in [3.8, 4) is 0 Å². The van der Waals surface area contributed by atoms with E-state index in [0.29, 0.717) is 5.92 Å². The maximum atomic E-state index is 12.0. The van der Waals surface area contributed by atoms with Crippen LogP contribution in [0, 0.1) is 5.92 Å². The highest BCUT2D eigenvalue weighted by Crippen LogP contribution is 2.20. The molecule has 0 saturated carbocycles. The lowest BCUT2D eigenvalue weighted by molar-refractivity contribution is 0.0239. The van der Waals surface area contributed by atoms with E-state index < -0.39 is 5.60 Å². The van der Waals surface area contributed by atoms with Crippen LogP contribution in [0.5, 0.6) is 0 Å². The van der Waals surface area contributed by atoms with E-state index >= 15 is 0 Å². The summed E-state index contributed by atoms with van der Waals surface area (Å²) in [7, 11) is 0. The maximum Gasteiger partial charge on any atom is 0.410 e. The van der Waals surface area contributed by atoms with Crippen molar-refractivity contribution in [2.75, 3.05) is 45.9 Å². The number of amides is 1. The maximum absolute atomic E-state index is 12.0. The molecule has 0 N–H and O–H groups in total. The van der Waals surface area contributed by atoms with Crippen molar-refractivity contribution in [3.63, 3.8) is 0 Å². The summed E-state index contributed by atoms with van der Waals surface area (Å²) in [5, 5.41) is 0. The summed E-state index contributed by atoms with van der Waals surface area (Å²) in [5.41, 5.74) is -0.403. The lowest BCUT2D eigenvalue weighted by Crippen LogP contribution is -2.40. The average molecular weight is 270 g/mol. The van der Waals surface area contributed by atoms with Gasteiger partial charge in [-0.3, -0.25) is 4.90 Å². The Labute approximate surface area is 115 Å². The fourth-order valence-electron chi connectivity index (χ4n) is 2.62. The van der Waals surface area contributed by atoms with Crippen LogP contribution in [0.4, 0.5) is 4.79 Å². The summed E-state index contributed by atoms with van der Waals surface area (Å²) in [6.45, 7) is 12.2. The number of rotatable bonds is 2. The van der Waals surface area contributed by atoms with Crippen molar-refractivity contribution in [2.24, 2.45) is 5.92 Å². The Morgan fingerprint density at radius 2 is 1.95 bits per heavy atom. The second-order valence-corrected chi connectivity index (χ2v) is 6.49. The van der Waals surface area contributed by atoms with Crippen LogP contribution < -0.4 is 0 Å². The molecule has 0 aliphatic carbocycles. The summed E-state index contributed by atoms with van der Waals surface area (Å²) in [4.78, 5) is 16.2. The van der Waals surface area contributed by atoms with Crippen molar-refractivity contribution in [2.45, 2.75) is 32.8 Å². The summed E-state index contributed by atoms with van der Waals surface area (Å²) in [6, 6.07) is 0. The Hall–Kier alpha value is -0.810. The van der Waals surface area contributed by atoms with Crippen LogP contribution in [0.3, 0.4) is 0 Å². The number of carbonyl (C=O) groups excluding carboxylic acids is 1. The molecule has 2 heterocycles. The molecule has 2 saturated heterocycles. The Morgan fingerprint density at radius 3 is 2.58 bits per heavy atom. The first-order chi connectivity index (χ1) is 8.94. The van der Waals surface area contributed by atoms with Gasteiger partial charge in [0.25, 0.3) is 0 Å². The number of nitrogens with zero attached hydrogens (tertiary/aromatic N) is 2. The molecular formula is C14H26N2O3. The van der Waals surface area contributed by atoms with Crippen LogP contribution in [0.2, 0.25) is 0 Å². The lowest BCUT2D eigenvalue weighted by Gasteiger charge is -2.29. The normalized spacial score (nSPS) is 25.6. The van der Waals surface area contributed by atoms with Crippen LogP contribution in [-0.4, -0.2) is 67.4 Å². The Bertz CT molecular complexity index is 308. The molecule has 110 valence electrons. The zero-order valence-electron chi connectivity index (χ0n) is 12.4. The van der Waals surface area contributed by atoms with Gasteiger partial charge in [-0.1, -0.05) is 0 Å². The van der Waals surface area contributed by atoms with Crippen molar-refractivity contribution >= 4 is 6.09 Å². The van der Waals surface area contributed by atoms with Gasteiger partial charge in [-0.05, 0) is 33.1 Å². The van der Waals surface area contributed by atoms with Crippen molar-refractivity contribution in [3.05, 3.63) is 0 Å². The summed E-state index contributed by atoms with van der Waals surface area (Å²) < 4.78 is 10.8. The van der Waals surface area contributed by atoms with Crippen LogP contribution in [0.25, 0.3) is 0 Å². The number of likely N-dealkylation sites (tertiary alicyclic amines) is 1. The van der Waals surface area contributed by atoms with Gasteiger partial charge in [0.2, 0.25) is 0 Å². The number of hydrogen-bond acceptors (Lipinski definition) is 4. The molecule has 2 rings (SSSR count). The molecule has 19 heavy (non-hydrogen) atoms. The molecule has 1 amide bonds. The molecule has 2 aliphatic heterocycles. The van der Waals surface area contributed by atoms with E-state index in [-0.39, 0.29) is 6.09 Å². The van der Waals surface area contributed by atoms with Crippen LogP contribution in [-0.2, 0) is 9.47 Å². The molecule has 5 heteroatoms. The van der Waals surface area contributed by atoms with Gasteiger partial charge in [0.1, 0.15) is 5.60 Å². The van der Waals surface area contributed by atoms with E-state index in [4.69, 9.17) is 9.47 Å². The van der Waals surface area contributed by atoms with Gasteiger partial charge >= 0.3 is 6.09 Å². The van der Waals surface area contributed by atoms with E-state index in [2.05, 4.69) is 4.90 Å². The van der Waals surface area contributed by atoms with Gasteiger partial charge < -0.3 is 14.4 Å². The van der Waals surface area contributed by atoms with E-state index in [0.717, 1.165) is 52.4 Å². The predicted octanol–water partition coefficient (Wildman–Crippen LogP) is 1.58. The quantitative estimate of drug-likeness (QED) is 0.764. The van der Waals surface area contributed by atoms with Crippen molar-refractivity contribution < 1.29 is 14.3 Å². The Morgan fingerprint density at radius 1 is 1.26 bits per heavy atom. The first-order valence-corrected chi connectivity index (χ1v) is 7.22. The summed E-state index contributed by atoms with van der Waals surface area (Å²) in [5.74, 6) is 0.575. The highest BCUT2D eigenvalue weighted by molar-refractivity contribution is 5.68. The number of ether oxygens (including phenoxy) is 2. The van der Waals surface area contributed by atoms with Crippen molar-refractivity contribution in [1.82, 2.24) is 9.80 Å². The van der Waals surface area contributed by atoms with Crippen LogP contribution in [0.15, 0.2) is 0 Å². The largest absolute Gasteiger partial charge is 0.444 e. The molecule has 0 aromatic carbocycles. The van der Waals surface area contributed by atoms with Gasteiger partial charge in [0.05, 0.1) is 13.2 Å². The minimum absolute atomic E-state index is 0.169. The van der Waals surface area contributed by atoms with Gasteiger partial charge in [-0.15, -0.1) is 0 Å². The smallest absolute Gasteiger partial charge is 0.410 e. The number of carbonyl (C=O) groups is 1.